The number of aryl methyl sites for hydroxylation is 1. The highest BCUT2D eigenvalue weighted by Crippen LogP contribution is 2.41. The molecule has 0 saturated carbocycles. The van der Waals surface area contributed by atoms with Gasteiger partial charge < -0.3 is 4.90 Å². The second kappa shape index (κ2) is 7.22. The van der Waals surface area contributed by atoms with Gasteiger partial charge in [0.05, 0.1) is 0 Å². The van der Waals surface area contributed by atoms with E-state index in [1.165, 1.54) is 24.8 Å². The van der Waals surface area contributed by atoms with Gasteiger partial charge in [-0.2, -0.15) is 0 Å². The van der Waals surface area contributed by atoms with Crippen LogP contribution in [-0.4, -0.2) is 41.9 Å². The van der Waals surface area contributed by atoms with E-state index in [9.17, 15) is 9.18 Å². The Labute approximate surface area is 144 Å². The van der Waals surface area contributed by atoms with Gasteiger partial charge in [-0.25, -0.2) is 4.39 Å². The summed E-state index contributed by atoms with van der Waals surface area (Å²) in [6, 6.07) is 5.13. The van der Waals surface area contributed by atoms with Gasteiger partial charge in [0.1, 0.15) is 5.82 Å². The van der Waals surface area contributed by atoms with E-state index in [2.05, 4.69) is 4.90 Å². The van der Waals surface area contributed by atoms with Crippen LogP contribution < -0.4 is 0 Å². The minimum atomic E-state index is -0.150. The highest BCUT2D eigenvalue weighted by molar-refractivity contribution is 5.73. The van der Waals surface area contributed by atoms with Gasteiger partial charge in [-0.3, -0.25) is 9.69 Å². The fraction of sp³-hybridized carbons (Fsp3) is 0.650. The van der Waals surface area contributed by atoms with Gasteiger partial charge in [0.15, 0.2) is 0 Å². The Hall–Kier alpha value is -1.42. The SMILES string of the molecule is CC(=O)N1CCC2(CCCN(Cc3ccc(F)cc3C)CC2)CC1. The number of amides is 1. The molecule has 2 aliphatic rings. The summed E-state index contributed by atoms with van der Waals surface area (Å²) in [5.41, 5.74) is 2.71. The number of hydrogen-bond acceptors (Lipinski definition) is 2. The molecule has 0 N–H and O–H groups in total. The van der Waals surface area contributed by atoms with Crippen LogP contribution in [0, 0.1) is 18.2 Å². The molecule has 1 spiro atoms. The molecule has 4 heteroatoms. The van der Waals surface area contributed by atoms with Crippen LogP contribution in [0.3, 0.4) is 0 Å². The smallest absolute Gasteiger partial charge is 0.219 e. The third-order valence-corrected chi connectivity index (χ3v) is 6.11. The summed E-state index contributed by atoms with van der Waals surface area (Å²) < 4.78 is 13.3. The number of benzene rings is 1. The minimum absolute atomic E-state index is 0.150. The molecule has 2 heterocycles. The first kappa shape index (κ1) is 17.4. The number of likely N-dealkylation sites (tertiary alicyclic amines) is 2. The molecule has 0 aliphatic carbocycles. The quantitative estimate of drug-likeness (QED) is 0.823. The fourth-order valence-electron chi connectivity index (χ4n) is 4.34. The molecule has 1 amide bonds. The van der Waals surface area contributed by atoms with Crippen LogP contribution in [0.15, 0.2) is 18.2 Å². The van der Waals surface area contributed by atoms with Crippen molar-refractivity contribution in [2.45, 2.75) is 52.5 Å². The Morgan fingerprint density at radius 3 is 2.50 bits per heavy atom. The molecule has 0 radical (unpaired) electrons. The number of carbonyl (C=O) groups excluding carboxylic acids is 1. The Kier molecular flexibility index (Phi) is 5.24. The zero-order valence-corrected chi connectivity index (χ0v) is 15.0. The number of halogens is 1. The third-order valence-electron chi connectivity index (χ3n) is 6.11. The molecule has 2 aliphatic heterocycles. The summed E-state index contributed by atoms with van der Waals surface area (Å²) in [5, 5.41) is 0. The number of rotatable bonds is 2. The molecule has 24 heavy (non-hydrogen) atoms. The first-order valence-corrected chi connectivity index (χ1v) is 9.20. The van der Waals surface area contributed by atoms with Crippen molar-refractivity contribution in [3.05, 3.63) is 35.1 Å². The van der Waals surface area contributed by atoms with E-state index < -0.39 is 0 Å². The highest BCUT2D eigenvalue weighted by atomic mass is 19.1. The predicted octanol–water partition coefficient (Wildman–Crippen LogP) is 3.75. The molecule has 1 aromatic carbocycles. The normalized spacial score (nSPS) is 21.7. The van der Waals surface area contributed by atoms with Gasteiger partial charge in [-0.15, -0.1) is 0 Å². The molecule has 2 fully saturated rings. The Morgan fingerprint density at radius 2 is 1.83 bits per heavy atom. The van der Waals surface area contributed by atoms with Gasteiger partial charge in [-0.1, -0.05) is 6.07 Å². The molecule has 132 valence electrons. The molecule has 1 aromatic rings. The van der Waals surface area contributed by atoms with E-state index in [-0.39, 0.29) is 11.7 Å². The van der Waals surface area contributed by atoms with Crippen molar-refractivity contribution in [3.63, 3.8) is 0 Å². The zero-order chi connectivity index (χ0) is 17.2. The highest BCUT2D eigenvalue weighted by Gasteiger charge is 2.36. The van der Waals surface area contributed by atoms with Crippen molar-refractivity contribution in [2.75, 3.05) is 26.2 Å². The average molecular weight is 332 g/mol. The molecule has 3 rings (SSSR count). The Bertz CT molecular complexity index is 593. The van der Waals surface area contributed by atoms with Crippen LogP contribution >= 0.6 is 0 Å². The van der Waals surface area contributed by atoms with Crippen LogP contribution in [-0.2, 0) is 11.3 Å². The van der Waals surface area contributed by atoms with E-state index in [4.69, 9.17) is 0 Å². The summed E-state index contributed by atoms with van der Waals surface area (Å²) in [7, 11) is 0. The van der Waals surface area contributed by atoms with Crippen LogP contribution in [0.2, 0.25) is 0 Å². The first-order chi connectivity index (χ1) is 11.5. The number of nitrogens with zero attached hydrogens (tertiary/aromatic N) is 2. The summed E-state index contributed by atoms with van der Waals surface area (Å²) in [5.74, 6) is 0.0650. The van der Waals surface area contributed by atoms with E-state index in [0.29, 0.717) is 5.41 Å². The number of piperidine rings is 1. The van der Waals surface area contributed by atoms with E-state index in [0.717, 1.165) is 51.1 Å². The molecule has 0 atom stereocenters. The third kappa shape index (κ3) is 3.97. The van der Waals surface area contributed by atoms with Crippen molar-refractivity contribution >= 4 is 5.91 Å². The molecule has 0 unspecified atom stereocenters. The standard InChI is InChI=1S/C20H29FN2O/c1-16-14-19(21)5-4-18(16)15-22-10-3-6-20(7-11-22)8-12-23(13-9-20)17(2)24/h4-5,14H,3,6-13,15H2,1-2H3. The lowest BCUT2D eigenvalue weighted by Gasteiger charge is -2.41. The lowest BCUT2D eigenvalue weighted by molar-refractivity contribution is -0.131. The van der Waals surface area contributed by atoms with Crippen molar-refractivity contribution in [1.29, 1.82) is 0 Å². The molecule has 0 bridgehead atoms. The van der Waals surface area contributed by atoms with Crippen molar-refractivity contribution in [1.82, 2.24) is 9.80 Å². The summed E-state index contributed by atoms with van der Waals surface area (Å²) in [4.78, 5) is 16.1. The van der Waals surface area contributed by atoms with Gasteiger partial charge in [0.2, 0.25) is 5.91 Å². The lowest BCUT2D eigenvalue weighted by atomic mass is 9.73. The van der Waals surface area contributed by atoms with Crippen LogP contribution in [0.1, 0.15) is 50.2 Å². The molecule has 3 nitrogen and oxygen atoms in total. The van der Waals surface area contributed by atoms with E-state index >= 15 is 0 Å². The molecule has 2 saturated heterocycles. The number of hydrogen-bond donors (Lipinski definition) is 0. The monoisotopic (exact) mass is 332 g/mol. The summed E-state index contributed by atoms with van der Waals surface area (Å²) in [6.45, 7) is 8.67. The summed E-state index contributed by atoms with van der Waals surface area (Å²) >= 11 is 0. The first-order valence-electron chi connectivity index (χ1n) is 9.20. The van der Waals surface area contributed by atoms with E-state index in [1.54, 1.807) is 19.1 Å². The second-order valence-electron chi connectivity index (χ2n) is 7.71. The maximum atomic E-state index is 13.3. The van der Waals surface area contributed by atoms with Crippen molar-refractivity contribution in [3.8, 4) is 0 Å². The second-order valence-corrected chi connectivity index (χ2v) is 7.71. The minimum Gasteiger partial charge on any atom is -0.343 e. The van der Waals surface area contributed by atoms with Gasteiger partial charge in [0, 0.05) is 26.6 Å². The van der Waals surface area contributed by atoms with Crippen LogP contribution in [0.25, 0.3) is 0 Å². The molecular formula is C20H29FN2O. The Balaban J connectivity index is 1.58. The maximum Gasteiger partial charge on any atom is 0.219 e. The van der Waals surface area contributed by atoms with E-state index in [1.807, 2.05) is 17.9 Å². The van der Waals surface area contributed by atoms with Gasteiger partial charge in [-0.05, 0) is 80.8 Å². The lowest BCUT2D eigenvalue weighted by Crippen LogP contribution is -2.42. The molecular weight excluding hydrogens is 303 g/mol. The Morgan fingerprint density at radius 1 is 1.12 bits per heavy atom. The predicted molar refractivity (Wildman–Crippen MR) is 94.2 cm³/mol. The largest absolute Gasteiger partial charge is 0.343 e. The van der Waals surface area contributed by atoms with Gasteiger partial charge in [0.25, 0.3) is 0 Å². The topological polar surface area (TPSA) is 23.6 Å². The van der Waals surface area contributed by atoms with Crippen LogP contribution in [0.4, 0.5) is 4.39 Å². The molecule has 0 aromatic heterocycles. The average Bonchev–Trinajstić information content (AvgIpc) is 2.73. The van der Waals surface area contributed by atoms with Crippen molar-refractivity contribution < 1.29 is 9.18 Å². The van der Waals surface area contributed by atoms with Crippen LogP contribution in [0.5, 0.6) is 0 Å². The zero-order valence-electron chi connectivity index (χ0n) is 15.0. The number of carbonyl (C=O) groups is 1. The fourth-order valence-corrected chi connectivity index (χ4v) is 4.34. The summed E-state index contributed by atoms with van der Waals surface area (Å²) in [6.07, 6.45) is 6.02. The van der Waals surface area contributed by atoms with Crippen molar-refractivity contribution in [2.24, 2.45) is 5.41 Å². The maximum absolute atomic E-state index is 13.3. The van der Waals surface area contributed by atoms with Gasteiger partial charge >= 0.3 is 0 Å².